The van der Waals surface area contributed by atoms with Crippen LogP contribution in [0.5, 0.6) is 5.75 Å². The molecular formula is C16H17NO6. The van der Waals surface area contributed by atoms with Crippen LogP contribution in [0.25, 0.3) is 0 Å². The number of hydrogen-bond donors (Lipinski definition) is 2. The van der Waals surface area contributed by atoms with Crippen molar-refractivity contribution < 1.29 is 29.3 Å². The van der Waals surface area contributed by atoms with Crippen LogP contribution in [0.15, 0.2) is 35.6 Å². The number of para-hydroxylation sites is 1. The van der Waals surface area contributed by atoms with E-state index < -0.39 is 29.5 Å². The van der Waals surface area contributed by atoms with Crippen molar-refractivity contribution in [1.29, 1.82) is 0 Å². The Hall–Kier alpha value is -2.83. The van der Waals surface area contributed by atoms with E-state index in [0.717, 1.165) is 0 Å². The van der Waals surface area contributed by atoms with Gasteiger partial charge in [-0.1, -0.05) is 18.2 Å². The van der Waals surface area contributed by atoms with E-state index in [0.29, 0.717) is 11.3 Å². The van der Waals surface area contributed by atoms with Crippen molar-refractivity contribution in [2.75, 3.05) is 13.7 Å². The summed E-state index contributed by atoms with van der Waals surface area (Å²) in [4.78, 5) is 36.2. The van der Waals surface area contributed by atoms with Gasteiger partial charge in [0.05, 0.1) is 25.1 Å². The predicted molar refractivity (Wildman–Crippen MR) is 80.0 cm³/mol. The highest BCUT2D eigenvalue weighted by molar-refractivity contribution is 6.08. The number of carbonyl (C=O) groups is 3. The van der Waals surface area contributed by atoms with Crippen LogP contribution >= 0.6 is 0 Å². The first-order valence-corrected chi connectivity index (χ1v) is 6.98. The quantitative estimate of drug-likeness (QED) is 0.822. The molecule has 1 heterocycles. The molecule has 0 spiro atoms. The molecule has 0 saturated carbocycles. The Kier molecular flexibility index (Phi) is 4.68. The predicted octanol–water partition coefficient (Wildman–Crippen LogP) is 1.45. The highest BCUT2D eigenvalue weighted by Gasteiger charge is 2.43. The van der Waals surface area contributed by atoms with Crippen LogP contribution in [0.1, 0.15) is 24.9 Å². The van der Waals surface area contributed by atoms with Crippen LogP contribution in [-0.2, 0) is 14.4 Å². The van der Waals surface area contributed by atoms with Gasteiger partial charge in [0.25, 0.3) is 5.91 Å². The van der Waals surface area contributed by atoms with Gasteiger partial charge in [0.15, 0.2) is 11.5 Å². The number of benzene rings is 1. The molecule has 2 rings (SSSR count). The molecule has 7 heteroatoms. The summed E-state index contributed by atoms with van der Waals surface area (Å²) < 4.78 is 5.26. The summed E-state index contributed by atoms with van der Waals surface area (Å²) >= 11 is 0. The first-order valence-electron chi connectivity index (χ1n) is 6.98. The van der Waals surface area contributed by atoms with E-state index in [9.17, 15) is 19.5 Å². The van der Waals surface area contributed by atoms with E-state index in [-0.39, 0.29) is 18.5 Å². The fourth-order valence-corrected chi connectivity index (χ4v) is 2.68. The molecule has 2 N–H and O–H groups in total. The van der Waals surface area contributed by atoms with Gasteiger partial charge in [-0.2, -0.15) is 0 Å². The lowest BCUT2D eigenvalue weighted by Crippen LogP contribution is -2.33. The summed E-state index contributed by atoms with van der Waals surface area (Å²) in [5, 5.41) is 18.9. The van der Waals surface area contributed by atoms with Crippen LogP contribution in [-0.4, -0.2) is 46.4 Å². The van der Waals surface area contributed by atoms with E-state index in [4.69, 9.17) is 9.84 Å². The minimum Gasteiger partial charge on any atom is -0.503 e. The molecule has 0 unspecified atom stereocenters. The molecule has 7 nitrogen and oxygen atoms in total. The molecule has 122 valence electrons. The number of carboxylic acids is 1. The van der Waals surface area contributed by atoms with Gasteiger partial charge >= 0.3 is 5.97 Å². The summed E-state index contributed by atoms with van der Waals surface area (Å²) in [6.07, 6.45) is -0.296. The Balaban J connectivity index is 2.53. The van der Waals surface area contributed by atoms with E-state index in [2.05, 4.69) is 0 Å². The third kappa shape index (κ3) is 3.03. The van der Waals surface area contributed by atoms with Gasteiger partial charge in [-0.15, -0.1) is 0 Å². The maximum atomic E-state index is 12.2. The van der Waals surface area contributed by atoms with Crippen LogP contribution in [0.4, 0.5) is 0 Å². The number of aliphatic hydroxyl groups excluding tert-OH is 1. The minimum absolute atomic E-state index is 0.0510. The van der Waals surface area contributed by atoms with Gasteiger partial charge in [-0.3, -0.25) is 14.4 Å². The third-order valence-electron chi connectivity index (χ3n) is 3.68. The summed E-state index contributed by atoms with van der Waals surface area (Å²) in [5.41, 5.74) is 0.466. The minimum atomic E-state index is -1.08. The zero-order valence-corrected chi connectivity index (χ0v) is 12.8. The summed E-state index contributed by atoms with van der Waals surface area (Å²) in [6, 6.07) is 5.92. The third-order valence-corrected chi connectivity index (χ3v) is 3.68. The number of ketones is 1. The van der Waals surface area contributed by atoms with Crippen molar-refractivity contribution in [2.24, 2.45) is 0 Å². The van der Waals surface area contributed by atoms with E-state index in [1.165, 1.54) is 18.9 Å². The topological polar surface area (TPSA) is 104 Å². The number of hydrogen-bond acceptors (Lipinski definition) is 5. The van der Waals surface area contributed by atoms with Gasteiger partial charge < -0.3 is 19.8 Å². The van der Waals surface area contributed by atoms with Crippen molar-refractivity contribution in [3.8, 4) is 5.75 Å². The number of Topliss-reactive ketones (excluding diaryl/α,β-unsaturated/α-hetero) is 1. The molecule has 0 aliphatic carbocycles. The van der Waals surface area contributed by atoms with Gasteiger partial charge in [0.1, 0.15) is 5.75 Å². The normalized spacial score (nSPS) is 17.6. The molecule has 0 fully saturated rings. The molecular weight excluding hydrogens is 302 g/mol. The second-order valence-corrected chi connectivity index (χ2v) is 5.11. The zero-order chi connectivity index (χ0) is 17.1. The van der Waals surface area contributed by atoms with E-state index in [1.54, 1.807) is 24.3 Å². The molecule has 0 aromatic heterocycles. The number of aliphatic hydroxyl groups is 1. The molecule has 1 aromatic carbocycles. The Morgan fingerprint density at radius 1 is 1.30 bits per heavy atom. The van der Waals surface area contributed by atoms with Gasteiger partial charge in [0.2, 0.25) is 0 Å². The monoisotopic (exact) mass is 319 g/mol. The molecule has 0 bridgehead atoms. The smallest absolute Gasteiger partial charge is 0.305 e. The Morgan fingerprint density at radius 2 is 1.96 bits per heavy atom. The lowest BCUT2D eigenvalue weighted by Gasteiger charge is -2.27. The number of rotatable bonds is 6. The number of nitrogens with zero attached hydrogens (tertiary/aromatic N) is 1. The van der Waals surface area contributed by atoms with Crippen molar-refractivity contribution in [1.82, 2.24) is 4.90 Å². The fourth-order valence-electron chi connectivity index (χ4n) is 2.68. The molecule has 1 aromatic rings. The van der Waals surface area contributed by atoms with E-state index in [1.807, 2.05) is 0 Å². The first kappa shape index (κ1) is 16.5. The van der Waals surface area contributed by atoms with Crippen LogP contribution in [0.3, 0.4) is 0 Å². The fraction of sp³-hybridized carbons (Fsp3) is 0.312. The zero-order valence-electron chi connectivity index (χ0n) is 12.8. The number of methoxy groups -OCH3 is 1. The maximum absolute atomic E-state index is 12.2. The molecule has 0 saturated heterocycles. The maximum Gasteiger partial charge on any atom is 0.305 e. The van der Waals surface area contributed by atoms with Crippen LogP contribution < -0.4 is 4.74 Å². The average Bonchev–Trinajstić information content (AvgIpc) is 2.76. The lowest BCUT2D eigenvalue weighted by molar-refractivity contribution is -0.138. The lowest BCUT2D eigenvalue weighted by atomic mass is 9.96. The van der Waals surface area contributed by atoms with Gasteiger partial charge in [0, 0.05) is 12.1 Å². The number of carboxylic acid groups (broad SMARTS) is 1. The van der Waals surface area contributed by atoms with Crippen molar-refractivity contribution >= 4 is 17.7 Å². The SMILES string of the molecule is COc1ccccc1[C@@H]1C(C(C)=O)=C(O)C(=O)N1CCC(=O)O. The van der Waals surface area contributed by atoms with Crippen molar-refractivity contribution in [2.45, 2.75) is 19.4 Å². The second kappa shape index (κ2) is 6.51. The molecule has 1 atom stereocenters. The van der Waals surface area contributed by atoms with Crippen LogP contribution in [0.2, 0.25) is 0 Å². The number of ether oxygens (including phenoxy) is 1. The summed E-state index contributed by atoms with van der Waals surface area (Å²) in [5.74, 6) is -2.48. The Labute approximate surface area is 132 Å². The highest BCUT2D eigenvalue weighted by Crippen LogP contribution is 2.41. The Morgan fingerprint density at radius 3 is 2.52 bits per heavy atom. The molecule has 1 aliphatic rings. The Bertz CT molecular complexity index is 694. The molecule has 1 amide bonds. The molecule has 0 radical (unpaired) electrons. The average molecular weight is 319 g/mol. The van der Waals surface area contributed by atoms with Crippen LogP contribution in [0, 0.1) is 0 Å². The first-order chi connectivity index (χ1) is 10.9. The van der Waals surface area contributed by atoms with Gasteiger partial charge in [-0.25, -0.2) is 0 Å². The summed E-state index contributed by atoms with van der Waals surface area (Å²) in [6.45, 7) is 1.12. The van der Waals surface area contributed by atoms with Crippen molar-refractivity contribution in [3.05, 3.63) is 41.2 Å². The standard InChI is InChI=1S/C16H17NO6/c1-9(18)13-14(10-5-3-4-6-11(10)23-2)17(8-7-12(19)20)16(22)15(13)21/h3-6,14,21H,7-8H2,1-2H3,(H,19,20)/t14-/m1/s1. The number of aliphatic carboxylic acids is 1. The summed E-state index contributed by atoms with van der Waals surface area (Å²) in [7, 11) is 1.45. The second-order valence-electron chi connectivity index (χ2n) is 5.11. The number of carbonyl (C=O) groups excluding carboxylic acids is 2. The largest absolute Gasteiger partial charge is 0.503 e. The number of amides is 1. The van der Waals surface area contributed by atoms with Gasteiger partial charge in [-0.05, 0) is 13.0 Å². The highest BCUT2D eigenvalue weighted by atomic mass is 16.5. The molecule has 1 aliphatic heterocycles. The van der Waals surface area contributed by atoms with Crippen molar-refractivity contribution in [3.63, 3.8) is 0 Å². The molecule has 23 heavy (non-hydrogen) atoms. The van der Waals surface area contributed by atoms with E-state index >= 15 is 0 Å².